The lowest BCUT2D eigenvalue weighted by molar-refractivity contribution is -0.127. The third kappa shape index (κ3) is 9.63. The van der Waals surface area contributed by atoms with E-state index in [9.17, 15) is 18.0 Å². The number of nitrogens with two attached hydrogens (primary N) is 2. The maximum atomic E-state index is 13.1. The van der Waals surface area contributed by atoms with Crippen molar-refractivity contribution in [3.8, 4) is 0 Å². The summed E-state index contributed by atoms with van der Waals surface area (Å²) >= 11 is 0. The van der Waals surface area contributed by atoms with Gasteiger partial charge in [0.15, 0.2) is 11.7 Å². The zero-order chi connectivity index (χ0) is 29.8. The van der Waals surface area contributed by atoms with Gasteiger partial charge in [-0.1, -0.05) is 83.1 Å². The molecule has 0 saturated heterocycles. The molecule has 0 saturated carbocycles. The lowest BCUT2D eigenvalue weighted by Crippen LogP contribution is -2.50. The molecule has 0 bridgehead atoms. The third-order valence-electron chi connectivity index (χ3n) is 5.88. The maximum Gasteiger partial charge on any atom is 0.239 e. The van der Waals surface area contributed by atoms with Crippen LogP contribution in [-0.2, 0) is 38.3 Å². The summed E-state index contributed by atoms with van der Waals surface area (Å²) in [5.41, 5.74) is 13.9. The van der Waals surface area contributed by atoms with E-state index < -0.39 is 34.4 Å². The van der Waals surface area contributed by atoms with Crippen LogP contribution in [-0.4, -0.2) is 54.9 Å². The Hall–Kier alpha value is -4.95. The number of oxime groups is 2. The Balaban J connectivity index is 1.67. The Morgan fingerprint density at radius 1 is 0.780 bits per heavy atom. The predicted octanol–water partition coefficient (Wildman–Crippen LogP) is 0.339. The molecule has 0 heterocycles. The first-order chi connectivity index (χ1) is 19.6. The standard InChI is InChI=1S/C27H31N7O6S/c28-25(32-37)21-11-9-18(10-12-21)15-30-24(35)16-31-27(36)23(14-20-7-4-8-22(13-20)26(29)33-38)34-41(39,40)17-19-5-2-1-3-6-19/h1-13,23,34,37-38H,14-17H2,(H2,28,32)(H2,29,33)(H,30,35)(H,31,36)/t23-/m1/s1. The zero-order valence-electron chi connectivity index (χ0n) is 21.9. The molecule has 3 rings (SSSR count). The highest BCUT2D eigenvalue weighted by Gasteiger charge is 2.26. The van der Waals surface area contributed by atoms with Gasteiger partial charge in [-0.2, -0.15) is 0 Å². The summed E-state index contributed by atoms with van der Waals surface area (Å²) in [6, 6.07) is 20.3. The van der Waals surface area contributed by atoms with E-state index in [-0.39, 0.29) is 30.4 Å². The summed E-state index contributed by atoms with van der Waals surface area (Å²) in [6.07, 6.45) is -0.0688. The smallest absolute Gasteiger partial charge is 0.239 e. The van der Waals surface area contributed by atoms with Crippen molar-refractivity contribution in [2.75, 3.05) is 6.54 Å². The summed E-state index contributed by atoms with van der Waals surface area (Å²) in [7, 11) is -3.96. The minimum absolute atomic E-state index is 0.0473. The normalized spacial score (nSPS) is 12.9. The number of hydrogen-bond donors (Lipinski definition) is 7. The van der Waals surface area contributed by atoms with Crippen LogP contribution in [0.2, 0.25) is 0 Å². The molecule has 0 aliphatic rings. The van der Waals surface area contributed by atoms with Crippen LogP contribution >= 0.6 is 0 Å². The van der Waals surface area contributed by atoms with Crippen molar-refractivity contribution >= 4 is 33.5 Å². The van der Waals surface area contributed by atoms with Crippen LogP contribution in [0.4, 0.5) is 0 Å². The largest absolute Gasteiger partial charge is 0.409 e. The maximum absolute atomic E-state index is 13.1. The number of hydrogen-bond acceptors (Lipinski definition) is 8. The summed E-state index contributed by atoms with van der Waals surface area (Å²) in [5, 5.41) is 28.7. The summed E-state index contributed by atoms with van der Waals surface area (Å²) in [5.74, 6) is -1.76. The Bertz CT molecular complexity index is 1510. The first-order valence-corrected chi connectivity index (χ1v) is 14.0. The molecule has 0 aliphatic heterocycles. The van der Waals surface area contributed by atoms with Crippen molar-refractivity contribution in [3.63, 3.8) is 0 Å². The molecule has 0 radical (unpaired) electrons. The number of carbonyl (C=O) groups is 2. The molecule has 41 heavy (non-hydrogen) atoms. The van der Waals surface area contributed by atoms with Gasteiger partial charge in [0.2, 0.25) is 21.8 Å². The van der Waals surface area contributed by atoms with Crippen molar-refractivity contribution in [1.82, 2.24) is 15.4 Å². The topological polar surface area (TPSA) is 222 Å². The van der Waals surface area contributed by atoms with E-state index in [0.29, 0.717) is 22.3 Å². The number of amides is 2. The fourth-order valence-corrected chi connectivity index (χ4v) is 5.13. The van der Waals surface area contributed by atoms with E-state index in [4.69, 9.17) is 21.9 Å². The average molecular weight is 582 g/mol. The number of rotatable bonds is 13. The highest BCUT2D eigenvalue weighted by molar-refractivity contribution is 7.88. The zero-order valence-corrected chi connectivity index (χ0v) is 22.7. The van der Waals surface area contributed by atoms with Gasteiger partial charge in [-0.25, -0.2) is 13.1 Å². The van der Waals surface area contributed by atoms with Crippen LogP contribution in [0.1, 0.15) is 27.8 Å². The molecular weight excluding hydrogens is 550 g/mol. The van der Waals surface area contributed by atoms with Gasteiger partial charge in [0.25, 0.3) is 0 Å². The Morgan fingerprint density at radius 2 is 1.41 bits per heavy atom. The second-order valence-corrected chi connectivity index (χ2v) is 10.7. The van der Waals surface area contributed by atoms with Crippen LogP contribution in [0.5, 0.6) is 0 Å². The number of carbonyl (C=O) groups excluding carboxylic acids is 2. The second kappa shape index (κ2) is 14.4. The Morgan fingerprint density at radius 3 is 2.07 bits per heavy atom. The molecule has 0 unspecified atom stereocenters. The van der Waals surface area contributed by atoms with Gasteiger partial charge in [-0.05, 0) is 29.2 Å². The molecule has 0 fully saturated rings. The van der Waals surface area contributed by atoms with E-state index in [1.54, 1.807) is 78.9 Å². The molecule has 13 nitrogen and oxygen atoms in total. The van der Waals surface area contributed by atoms with Crippen LogP contribution in [0.3, 0.4) is 0 Å². The number of nitrogens with one attached hydrogen (secondary N) is 3. The number of sulfonamides is 1. The highest BCUT2D eigenvalue weighted by Crippen LogP contribution is 2.11. The number of nitrogens with zero attached hydrogens (tertiary/aromatic N) is 2. The minimum Gasteiger partial charge on any atom is -0.409 e. The van der Waals surface area contributed by atoms with Gasteiger partial charge in [0.05, 0.1) is 12.3 Å². The van der Waals surface area contributed by atoms with Crippen molar-refractivity contribution in [1.29, 1.82) is 0 Å². The first-order valence-electron chi connectivity index (χ1n) is 12.3. The molecule has 0 spiro atoms. The Labute approximate surface area is 237 Å². The fraction of sp³-hybridized carbons (Fsp3) is 0.185. The minimum atomic E-state index is -3.96. The summed E-state index contributed by atoms with van der Waals surface area (Å²) < 4.78 is 28.3. The highest BCUT2D eigenvalue weighted by atomic mass is 32.2. The molecule has 14 heteroatoms. The van der Waals surface area contributed by atoms with Crippen LogP contribution in [0, 0.1) is 0 Å². The van der Waals surface area contributed by atoms with Crippen LogP contribution in [0.25, 0.3) is 0 Å². The number of benzene rings is 3. The van der Waals surface area contributed by atoms with Crippen molar-refractivity contribution in [3.05, 3.63) is 107 Å². The third-order valence-corrected chi connectivity index (χ3v) is 7.24. The number of amidine groups is 2. The lowest BCUT2D eigenvalue weighted by Gasteiger charge is -2.19. The molecule has 3 aromatic rings. The quantitative estimate of drug-likeness (QED) is 0.0644. The second-order valence-electron chi connectivity index (χ2n) is 8.98. The van der Waals surface area contributed by atoms with Gasteiger partial charge in [0, 0.05) is 17.7 Å². The fourth-order valence-electron chi connectivity index (χ4n) is 3.80. The van der Waals surface area contributed by atoms with Crippen molar-refractivity contribution < 1.29 is 28.4 Å². The van der Waals surface area contributed by atoms with Gasteiger partial charge < -0.3 is 32.5 Å². The summed E-state index contributed by atoms with van der Waals surface area (Å²) in [4.78, 5) is 25.5. The molecule has 0 aromatic heterocycles. The van der Waals surface area contributed by atoms with E-state index in [1.807, 2.05) is 0 Å². The van der Waals surface area contributed by atoms with E-state index in [0.717, 1.165) is 5.56 Å². The van der Waals surface area contributed by atoms with E-state index in [2.05, 4.69) is 25.7 Å². The van der Waals surface area contributed by atoms with Gasteiger partial charge >= 0.3 is 0 Å². The predicted molar refractivity (Wildman–Crippen MR) is 152 cm³/mol. The molecular formula is C27H31N7O6S. The molecule has 0 aliphatic carbocycles. The molecule has 3 aromatic carbocycles. The van der Waals surface area contributed by atoms with Gasteiger partial charge in [-0.3, -0.25) is 9.59 Å². The van der Waals surface area contributed by atoms with Crippen molar-refractivity contribution in [2.24, 2.45) is 21.8 Å². The molecule has 216 valence electrons. The van der Waals surface area contributed by atoms with E-state index >= 15 is 0 Å². The first kappa shape index (κ1) is 30.6. The SMILES string of the molecule is NC(=NO)c1ccc(CNC(=O)CNC(=O)[C@@H](Cc2cccc(C(N)=NO)c2)NS(=O)(=O)Cc2ccccc2)cc1. The van der Waals surface area contributed by atoms with Crippen molar-refractivity contribution in [2.45, 2.75) is 24.8 Å². The molecule has 1 atom stereocenters. The Kier molecular flexibility index (Phi) is 10.8. The monoisotopic (exact) mass is 581 g/mol. The molecule has 9 N–H and O–H groups in total. The average Bonchev–Trinajstić information content (AvgIpc) is 2.98. The van der Waals surface area contributed by atoms with Crippen LogP contribution in [0.15, 0.2) is 89.2 Å². The van der Waals surface area contributed by atoms with Gasteiger partial charge in [0.1, 0.15) is 6.04 Å². The van der Waals surface area contributed by atoms with Gasteiger partial charge in [-0.15, -0.1) is 0 Å². The summed E-state index contributed by atoms with van der Waals surface area (Å²) in [6.45, 7) is -0.249. The van der Waals surface area contributed by atoms with E-state index in [1.165, 1.54) is 0 Å². The van der Waals surface area contributed by atoms with Crippen LogP contribution < -0.4 is 26.8 Å². The lowest BCUT2D eigenvalue weighted by atomic mass is 10.0. The molecule has 2 amide bonds.